The van der Waals surface area contributed by atoms with E-state index in [0.29, 0.717) is 30.7 Å². The van der Waals surface area contributed by atoms with Crippen LogP contribution < -0.4 is 5.32 Å². The fraction of sp³-hybridized carbons (Fsp3) is 0.474. The van der Waals surface area contributed by atoms with Gasteiger partial charge < -0.3 is 10.2 Å². The highest BCUT2D eigenvalue weighted by molar-refractivity contribution is 5.74. The topological polar surface area (TPSA) is 50.2 Å². The normalized spacial score (nSPS) is 15.6. The van der Waals surface area contributed by atoms with Gasteiger partial charge in [-0.2, -0.15) is 5.10 Å². The number of nitrogens with one attached hydrogen (secondary N) is 1. The van der Waals surface area contributed by atoms with E-state index in [1.807, 2.05) is 11.8 Å². The Balaban J connectivity index is 1.68. The molecule has 2 heterocycles. The lowest BCUT2D eigenvalue weighted by Gasteiger charge is -2.29. The number of amides is 2. The summed E-state index contributed by atoms with van der Waals surface area (Å²) in [4.78, 5) is 14.2. The molecule has 5 nitrogen and oxygen atoms in total. The van der Waals surface area contributed by atoms with E-state index in [-0.39, 0.29) is 12.1 Å². The summed E-state index contributed by atoms with van der Waals surface area (Å²) >= 11 is 0. The van der Waals surface area contributed by atoms with Crippen molar-refractivity contribution in [3.63, 3.8) is 0 Å². The molecule has 0 spiro atoms. The average Bonchev–Trinajstić information content (AvgIpc) is 3.09. The molecule has 146 valence electrons. The van der Waals surface area contributed by atoms with E-state index in [2.05, 4.69) is 10.4 Å². The SMILES string of the molecule is CCC(Cc1ccn(-c2c(F)cc(F)cc2F)n1)NC(=O)N1CCCCC1. The zero-order chi connectivity index (χ0) is 19.4. The first-order chi connectivity index (χ1) is 13.0. The number of piperidine rings is 1. The molecule has 1 aromatic carbocycles. The number of aromatic nitrogens is 2. The van der Waals surface area contributed by atoms with E-state index in [0.717, 1.165) is 37.0 Å². The van der Waals surface area contributed by atoms with Crippen molar-refractivity contribution >= 4 is 6.03 Å². The van der Waals surface area contributed by atoms with Crippen LogP contribution in [0.3, 0.4) is 0 Å². The maximum absolute atomic E-state index is 13.9. The predicted octanol–water partition coefficient (Wildman–Crippen LogP) is 3.81. The summed E-state index contributed by atoms with van der Waals surface area (Å²) < 4.78 is 41.9. The first kappa shape index (κ1) is 19.3. The molecule has 1 aromatic heterocycles. The largest absolute Gasteiger partial charge is 0.335 e. The minimum absolute atomic E-state index is 0.0865. The van der Waals surface area contributed by atoms with Gasteiger partial charge in [-0.3, -0.25) is 0 Å². The Morgan fingerprint density at radius 3 is 2.48 bits per heavy atom. The number of urea groups is 1. The maximum Gasteiger partial charge on any atom is 0.317 e. The molecule has 0 aliphatic carbocycles. The summed E-state index contributed by atoms with van der Waals surface area (Å²) in [5.74, 6) is -3.02. The summed E-state index contributed by atoms with van der Waals surface area (Å²) in [7, 11) is 0. The molecule has 0 radical (unpaired) electrons. The van der Waals surface area contributed by atoms with E-state index in [9.17, 15) is 18.0 Å². The third-order valence-electron chi connectivity index (χ3n) is 4.77. The molecule has 3 rings (SSSR count). The van der Waals surface area contributed by atoms with Crippen molar-refractivity contribution in [2.75, 3.05) is 13.1 Å². The monoisotopic (exact) mass is 380 g/mol. The molecule has 1 atom stereocenters. The number of halogens is 3. The quantitative estimate of drug-likeness (QED) is 0.858. The molecular formula is C19H23F3N4O. The average molecular weight is 380 g/mol. The molecule has 1 aliphatic heterocycles. The number of carbonyl (C=O) groups excluding carboxylic acids is 1. The third kappa shape index (κ3) is 4.61. The highest BCUT2D eigenvalue weighted by Crippen LogP contribution is 2.19. The fourth-order valence-electron chi connectivity index (χ4n) is 3.26. The van der Waals surface area contributed by atoms with Crippen molar-refractivity contribution in [1.29, 1.82) is 0 Å². The van der Waals surface area contributed by atoms with Gasteiger partial charge in [-0.15, -0.1) is 0 Å². The first-order valence-corrected chi connectivity index (χ1v) is 9.23. The Labute approximate surface area is 156 Å². The van der Waals surface area contributed by atoms with Crippen LogP contribution in [0.15, 0.2) is 24.4 Å². The van der Waals surface area contributed by atoms with Crippen LogP contribution >= 0.6 is 0 Å². The van der Waals surface area contributed by atoms with Crippen LogP contribution in [0.4, 0.5) is 18.0 Å². The van der Waals surface area contributed by atoms with Crippen LogP contribution in [0.2, 0.25) is 0 Å². The van der Waals surface area contributed by atoms with E-state index in [4.69, 9.17) is 0 Å². The molecule has 8 heteroatoms. The summed E-state index contributed by atoms with van der Waals surface area (Å²) in [5, 5.41) is 7.19. The van der Waals surface area contributed by atoms with Crippen LogP contribution in [-0.4, -0.2) is 39.8 Å². The molecule has 1 saturated heterocycles. The van der Waals surface area contributed by atoms with Crippen LogP contribution in [0.5, 0.6) is 0 Å². The molecule has 0 bridgehead atoms. The zero-order valence-corrected chi connectivity index (χ0v) is 15.2. The fourth-order valence-corrected chi connectivity index (χ4v) is 3.26. The van der Waals surface area contributed by atoms with Gasteiger partial charge in [0.15, 0.2) is 11.6 Å². The number of likely N-dealkylation sites (tertiary alicyclic amines) is 1. The highest BCUT2D eigenvalue weighted by Gasteiger charge is 2.20. The van der Waals surface area contributed by atoms with Gasteiger partial charge in [0.1, 0.15) is 11.5 Å². The molecule has 27 heavy (non-hydrogen) atoms. The third-order valence-corrected chi connectivity index (χ3v) is 4.77. The van der Waals surface area contributed by atoms with Gasteiger partial charge in [-0.05, 0) is 31.7 Å². The van der Waals surface area contributed by atoms with Gasteiger partial charge in [-0.1, -0.05) is 6.92 Å². The van der Waals surface area contributed by atoms with Crippen molar-refractivity contribution in [3.8, 4) is 5.69 Å². The van der Waals surface area contributed by atoms with Crippen molar-refractivity contribution in [1.82, 2.24) is 20.0 Å². The molecule has 2 amide bonds. The lowest BCUT2D eigenvalue weighted by Crippen LogP contribution is -2.47. The molecule has 1 fully saturated rings. The summed E-state index contributed by atoms with van der Waals surface area (Å²) in [6.45, 7) is 3.48. The standard InChI is InChI=1S/C19H23F3N4O/c1-2-14(23-19(27)25-7-4-3-5-8-25)12-15-6-9-26(24-15)18-16(21)10-13(20)11-17(18)22/h6,9-11,14H,2-5,7-8,12H2,1H3,(H,23,27). The van der Waals surface area contributed by atoms with Crippen LogP contribution in [0, 0.1) is 17.5 Å². The van der Waals surface area contributed by atoms with Crippen LogP contribution in [0.1, 0.15) is 38.3 Å². The number of hydrogen-bond donors (Lipinski definition) is 1. The van der Waals surface area contributed by atoms with Gasteiger partial charge in [-0.25, -0.2) is 22.6 Å². The Bertz CT molecular complexity index is 779. The van der Waals surface area contributed by atoms with Gasteiger partial charge in [0.2, 0.25) is 0 Å². The number of benzene rings is 1. The molecular weight excluding hydrogens is 357 g/mol. The Hall–Kier alpha value is -2.51. The summed E-state index contributed by atoms with van der Waals surface area (Å²) in [5.41, 5.74) is 0.164. The highest BCUT2D eigenvalue weighted by atomic mass is 19.1. The lowest BCUT2D eigenvalue weighted by atomic mass is 10.1. The number of nitrogens with zero attached hydrogens (tertiary/aromatic N) is 3. The maximum atomic E-state index is 13.9. The van der Waals surface area contributed by atoms with Crippen molar-refractivity contribution in [2.45, 2.75) is 45.1 Å². The molecule has 1 aliphatic rings. The molecule has 2 aromatic rings. The second-order valence-electron chi connectivity index (χ2n) is 6.78. The van der Waals surface area contributed by atoms with Crippen LogP contribution in [0.25, 0.3) is 5.69 Å². The van der Waals surface area contributed by atoms with E-state index >= 15 is 0 Å². The Kier molecular flexibility index (Phi) is 6.03. The van der Waals surface area contributed by atoms with E-state index in [1.165, 1.54) is 6.20 Å². The van der Waals surface area contributed by atoms with Gasteiger partial charge in [0.25, 0.3) is 0 Å². The zero-order valence-electron chi connectivity index (χ0n) is 15.2. The minimum atomic E-state index is -1.02. The van der Waals surface area contributed by atoms with Crippen LogP contribution in [-0.2, 0) is 6.42 Å². The first-order valence-electron chi connectivity index (χ1n) is 9.23. The number of carbonyl (C=O) groups is 1. The second kappa shape index (κ2) is 8.45. The van der Waals surface area contributed by atoms with Crippen molar-refractivity contribution in [3.05, 3.63) is 47.5 Å². The Morgan fingerprint density at radius 1 is 1.19 bits per heavy atom. The van der Waals surface area contributed by atoms with Crippen molar-refractivity contribution < 1.29 is 18.0 Å². The predicted molar refractivity (Wildman–Crippen MR) is 95.2 cm³/mol. The minimum Gasteiger partial charge on any atom is -0.335 e. The van der Waals surface area contributed by atoms with E-state index in [1.54, 1.807) is 6.07 Å². The van der Waals surface area contributed by atoms with Crippen molar-refractivity contribution in [2.24, 2.45) is 0 Å². The van der Waals surface area contributed by atoms with Gasteiger partial charge in [0, 0.05) is 43.9 Å². The van der Waals surface area contributed by atoms with Gasteiger partial charge in [0.05, 0.1) is 5.69 Å². The van der Waals surface area contributed by atoms with Gasteiger partial charge >= 0.3 is 6.03 Å². The molecule has 1 unspecified atom stereocenters. The second-order valence-corrected chi connectivity index (χ2v) is 6.78. The Morgan fingerprint density at radius 2 is 1.85 bits per heavy atom. The molecule has 1 N–H and O–H groups in total. The lowest BCUT2D eigenvalue weighted by molar-refractivity contribution is 0.182. The van der Waals surface area contributed by atoms with E-state index < -0.39 is 23.1 Å². The number of rotatable bonds is 5. The molecule has 0 saturated carbocycles. The summed E-state index contributed by atoms with van der Waals surface area (Å²) in [6.07, 6.45) is 5.74. The smallest absolute Gasteiger partial charge is 0.317 e. The number of hydrogen-bond acceptors (Lipinski definition) is 2. The summed E-state index contributed by atoms with van der Waals surface area (Å²) in [6, 6.07) is 2.65.